The monoisotopic (exact) mass is 289 g/mol. The number of nitrogen functional groups attached to an aromatic ring is 1. The average molecular weight is 289 g/mol. The van der Waals surface area contributed by atoms with Crippen LogP contribution in [0, 0.1) is 24.4 Å². The first kappa shape index (κ1) is 13.4. The van der Waals surface area contributed by atoms with Crippen LogP contribution in [0.2, 0.25) is 0 Å². The summed E-state index contributed by atoms with van der Waals surface area (Å²) in [7, 11) is 0. The van der Waals surface area contributed by atoms with E-state index >= 15 is 0 Å². The fourth-order valence-corrected chi connectivity index (χ4v) is 2.21. The first-order valence-corrected chi connectivity index (χ1v) is 6.15. The van der Waals surface area contributed by atoms with E-state index in [0.717, 1.165) is 17.7 Å². The predicted octanol–water partition coefficient (Wildman–Crippen LogP) is 3.60. The van der Waals surface area contributed by atoms with Gasteiger partial charge in [-0.25, -0.2) is 23.1 Å². The lowest BCUT2D eigenvalue weighted by Gasteiger charge is -2.08. The van der Waals surface area contributed by atoms with Gasteiger partial charge in [0.15, 0.2) is 23.3 Å². The van der Waals surface area contributed by atoms with Crippen LogP contribution in [0.4, 0.5) is 19.0 Å². The second-order valence-electron chi connectivity index (χ2n) is 4.62. The summed E-state index contributed by atoms with van der Waals surface area (Å²) in [6, 6.07) is 7.23. The van der Waals surface area contributed by atoms with Crippen molar-refractivity contribution >= 4 is 16.7 Å². The Morgan fingerprint density at radius 3 is 2.48 bits per heavy atom. The summed E-state index contributed by atoms with van der Waals surface area (Å²) in [5.41, 5.74) is 7.03. The molecule has 0 bridgehead atoms. The van der Waals surface area contributed by atoms with Crippen LogP contribution in [-0.4, -0.2) is 9.97 Å². The molecule has 2 aromatic carbocycles. The molecule has 0 saturated carbocycles. The topological polar surface area (TPSA) is 51.8 Å². The quantitative estimate of drug-likeness (QED) is 0.696. The second kappa shape index (κ2) is 4.73. The second-order valence-corrected chi connectivity index (χ2v) is 4.62. The Kier molecular flexibility index (Phi) is 3.01. The minimum Gasteiger partial charge on any atom is -0.383 e. The van der Waals surface area contributed by atoms with Gasteiger partial charge in [0, 0.05) is 5.39 Å². The Morgan fingerprint density at radius 2 is 1.71 bits per heavy atom. The third kappa shape index (κ3) is 2.08. The summed E-state index contributed by atoms with van der Waals surface area (Å²) in [6.45, 7) is 1.85. The Bertz CT molecular complexity index is 862. The highest BCUT2D eigenvalue weighted by atomic mass is 19.2. The molecule has 0 aliphatic rings. The molecular formula is C15H10F3N3. The lowest BCUT2D eigenvalue weighted by atomic mass is 10.1. The van der Waals surface area contributed by atoms with E-state index in [9.17, 15) is 13.2 Å². The van der Waals surface area contributed by atoms with Crippen molar-refractivity contribution in [3.8, 4) is 11.4 Å². The first-order chi connectivity index (χ1) is 9.99. The van der Waals surface area contributed by atoms with Crippen LogP contribution in [0.5, 0.6) is 0 Å². The highest BCUT2D eigenvalue weighted by Gasteiger charge is 2.18. The van der Waals surface area contributed by atoms with Gasteiger partial charge < -0.3 is 5.73 Å². The van der Waals surface area contributed by atoms with Crippen LogP contribution >= 0.6 is 0 Å². The van der Waals surface area contributed by atoms with Crippen LogP contribution in [0.15, 0.2) is 30.3 Å². The van der Waals surface area contributed by atoms with Gasteiger partial charge in [-0.2, -0.15) is 0 Å². The van der Waals surface area contributed by atoms with Crippen LogP contribution < -0.4 is 5.73 Å². The summed E-state index contributed by atoms with van der Waals surface area (Å²) in [4.78, 5) is 8.18. The van der Waals surface area contributed by atoms with Crippen molar-refractivity contribution in [2.45, 2.75) is 6.92 Å². The number of halogens is 3. The van der Waals surface area contributed by atoms with Gasteiger partial charge in [0.05, 0.1) is 11.1 Å². The molecule has 0 fully saturated rings. The number of anilines is 1. The summed E-state index contributed by atoms with van der Waals surface area (Å²) in [5.74, 6) is -4.07. The van der Waals surface area contributed by atoms with Gasteiger partial charge in [-0.05, 0) is 30.7 Å². The van der Waals surface area contributed by atoms with Gasteiger partial charge in [0.25, 0.3) is 0 Å². The van der Waals surface area contributed by atoms with Crippen molar-refractivity contribution in [2.24, 2.45) is 0 Å². The average Bonchev–Trinajstić information content (AvgIpc) is 2.44. The van der Waals surface area contributed by atoms with E-state index in [1.165, 1.54) is 0 Å². The fraction of sp³-hybridized carbons (Fsp3) is 0.0667. The van der Waals surface area contributed by atoms with E-state index in [4.69, 9.17) is 5.73 Å². The van der Waals surface area contributed by atoms with Gasteiger partial charge in [0.2, 0.25) is 0 Å². The van der Waals surface area contributed by atoms with E-state index in [1.807, 2.05) is 13.0 Å². The first-order valence-electron chi connectivity index (χ1n) is 6.15. The third-order valence-corrected chi connectivity index (χ3v) is 3.24. The molecular weight excluding hydrogens is 279 g/mol. The van der Waals surface area contributed by atoms with Crippen LogP contribution in [-0.2, 0) is 0 Å². The molecule has 2 N–H and O–H groups in total. The van der Waals surface area contributed by atoms with E-state index in [2.05, 4.69) is 9.97 Å². The largest absolute Gasteiger partial charge is 0.383 e. The molecule has 0 aliphatic carbocycles. The zero-order valence-electron chi connectivity index (χ0n) is 11.0. The molecule has 3 aromatic rings. The number of aromatic nitrogens is 2. The number of fused-ring (bicyclic) bond motifs is 1. The zero-order valence-corrected chi connectivity index (χ0v) is 11.0. The number of nitrogens with two attached hydrogens (primary N) is 1. The Hall–Kier alpha value is -2.63. The number of nitrogens with zero attached hydrogens (tertiary/aromatic N) is 2. The molecule has 1 heterocycles. The van der Waals surface area contributed by atoms with Crippen LogP contribution in [0.1, 0.15) is 5.56 Å². The number of rotatable bonds is 1. The summed E-state index contributed by atoms with van der Waals surface area (Å²) >= 11 is 0. The maximum atomic E-state index is 13.8. The highest BCUT2D eigenvalue weighted by molar-refractivity contribution is 5.92. The maximum Gasteiger partial charge on any atom is 0.195 e. The summed E-state index contributed by atoms with van der Waals surface area (Å²) in [5, 5.41) is 0.657. The molecule has 21 heavy (non-hydrogen) atoms. The Morgan fingerprint density at radius 1 is 0.952 bits per heavy atom. The van der Waals surface area contributed by atoms with Crippen molar-refractivity contribution in [1.82, 2.24) is 9.97 Å². The van der Waals surface area contributed by atoms with Crippen molar-refractivity contribution in [3.05, 3.63) is 53.3 Å². The lowest BCUT2D eigenvalue weighted by Crippen LogP contribution is -2.02. The van der Waals surface area contributed by atoms with Crippen LogP contribution in [0.25, 0.3) is 22.3 Å². The molecule has 0 aliphatic heterocycles. The standard InChI is InChI=1S/C15H10F3N3/c1-7-3-2-4-10-11(7)14(19)21-15(20-10)8-5-6-9(16)13(18)12(8)17/h2-6H,1H3,(H2,19,20,21). The zero-order chi connectivity index (χ0) is 15.1. The smallest absolute Gasteiger partial charge is 0.195 e. The van der Waals surface area contributed by atoms with Crippen LogP contribution in [0.3, 0.4) is 0 Å². The van der Waals surface area contributed by atoms with E-state index in [0.29, 0.717) is 10.9 Å². The Labute approximate surface area is 118 Å². The molecule has 0 amide bonds. The van der Waals surface area contributed by atoms with Gasteiger partial charge in [0.1, 0.15) is 5.82 Å². The number of benzene rings is 2. The molecule has 0 unspecified atom stereocenters. The number of hydrogen-bond donors (Lipinski definition) is 1. The summed E-state index contributed by atoms with van der Waals surface area (Å²) in [6.07, 6.45) is 0. The molecule has 0 radical (unpaired) electrons. The summed E-state index contributed by atoms with van der Waals surface area (Å²) < 4.78 is 40.1. The van der Waals surface area contributed by atoms with E-state index in [-0.39, 0.29) is 17.2 Å². The minimum absolute atomic E-state index is 0.0815. The molecule has 6 heteroatoms. The Balaban J connectivity index is 2.30. The van der Waals surface area contributed by atoms with Gasteiger partial charge in [-0.15, -0.1) is 0 Å². The minimum atomic E-state index is -1.56. The normalized spacial score (nSPS) is 11.0. The number of aryl methyl sites for hydroxylation is 1. The third-order valence-electron chi connectivity index (χ3n) is 3.24. The van der Waals surface area contributed by atoms with E-state index < -0.39 is 17.5 Å². The maximum absolute atomic E-state index is 13.8. The lowest BCUT2D eigenvalue weighted by molar-refractivity contribution is 0.448. The van der Waals surface area contributed by atoms with Crippen molar-refractivity contribution in [2.75, 3.05) is 5.73 Å². The molecule has 106 valence electrons. The fourth-order valence-electron chi connectivity index (χ4n) is 2.21. The van der Waals surface area contributed by atoms with Crippen molar-refractivity contribution in [3.63, 3.8) is 0 Å². The highest BCUT2D eigenvalue weighted by Crippen LogP contribution is 2.28. The van der Waals surface area contributed by atoms with Gasteiger partial charge in [-0.3, -0.25) is 0 Å². The predicted molar refractivity (Wildman–Crippen MR) is 74.0 cm³/mol. The number of hydrogen-bond acceptors (Lipinski definition) is 3. The van der Waals surface area contributed by atoms with Crippen molar-refractivity contribution in [1.29, 1.82) is 0 Å². The van der Waals surface area contributed by atoms with Gasteiger partial charge >= 0.3 is 0 Å². The van der Waals surface area contributed by atoms with Gasteiger partial charge in [-0.1, -0.05) is 12.1 Å². The molecule has 0 spiro atoms. The SMILES string of the molecule is Cc1cccc2nc(-c3ccc(F)c(F)c3F)nc(N)c12. The molecule has 3 nitrogen and oxygen atoms in total. The molecule has 0 atom stereocenters. The van der Waals surface area contributed by atoms with Crippen molar-refractivity contribution < 1.29 is 13.2 Å². The molecule has 0 saturated heterocycles. The molecule has 1 aromatic heterocycles. The van der Waals surface area contributed by atoms with E-state index in [1.54, 1.807) is 12.1 Å². The molecule has 3 rings (SSSR count).